The molecule has 3 heterocycles. The maximum atomic E-state index is 13.2. The Morgan fingerprint density at radius 3 is 2.91 bits per heavy atom. The summed E-state index contributed by atoms with van der Waals surface area (Å²) >= 11 is 1.51. The van der Waals surface area contributed by atoms with Gasteiger partial charge in [0.05, 0.1) is 23.6 Å². The fraction of sp³-hybridized carbons (Fsp3) is 0.588. The first-order chi connectivity index (χ1) is 11.1. The highest BCUT2D eigenvalue weighted by molar-refractivity contribution is 7.20. The number of amides is 1. The monoisotopic (exact) mass is 331 g/mol. The summed E-state index contributed by atoms with van der Waals surface area (Å²) in [6.07, 6.45) is 3.50. The minimum Gasteiger partial charge on any atom is -0.374 e. The molecule has 2 unspecified atom stereocenters. The van der Waals surface area contributed by atoms with Crippen molar-refractivity contribution in [3.8, 4) is 0 Å². The predicted molar refractivity (Wildman–Crippen MR) is 90.0 cm³/mol. The molecular weight excluding hydrogens is 310 g/mol. The molecule has 1 aliphatic carbocycles. The van der Waals surface area contributed by atoms with Crippen LogP contribution < -0.4 is 0 Å². The Labute approximate surface area is 139 Å². The summed E-state index contributed by atoms with van der Waals surface area (Å²) < 4.78 is 5.83. The molecule has 0 radical (unpaired) electrons. The zero-order valence-electron chi connectivity index (χ0n) is 13.8. The Morgan fingerprint density at radius 1 is 1.26 bits per heavy atom. The van der Waals surface area contributed by atoms with Gasteiger partial charge in [0.25, 0.3) is 5.91 Å². The molecule has 1 saturated heterocycles. The van der Waals surface area contributed by atoms with E-state index in [1.165, 1.54) is 11.3 Å². The summed E-state index contributed by atoms with van der Waals surface area (Å²) in [6, 6.07) is 0.245. The number of hydrogen-bond donors (Lipinski definition) is 0. The van der Waals surface area contributed by atoms with E-state index in [-0.39, 0.29) is 18.1 Å². The molecule has 2 aliphatic rings. The lowest BCUT2D eigenvalue weighted by atomic mass is 10.1. The summed E-state index contributed by atoms with van der Waals surface area (Å²) in [5.74, 6) is 0.903. The normalized spacial score (nSPS) is 24.2. The van der Waals surface area contributed by atoms with Gasteiger partial charge in [0, 0.05) is 17.6 Å². The van der Waals surface area contributed by atoms with E-state index in [1.807, 2.05) is 25.7 Å². The van der Waals surface area contributed by atoms with Crippen LogP contribution in [-0.4, -0.2) is 46.1 Å². The highest BCUT2D eigenvalue weighted by Crippen LogP contribution is 2.35. The number of fused-ring (bicyclic) bond motifs is 2. The fourth-order valence-corrected chi connectivity index (χ4v) is 5.22. The lowest BCUT2D eigenvalue weighted by Gasteiger charge is -2.37. The summed E-state index contributed by atoms with van der Waals surface area (Å²) in [5.41, 5.74) is 1.98. The minimum atomic E-state index is 0.141. The van der Waals surface area contributed by atoms with Gasteiger partial charge in [-0.25, -0.2) is 9.97 Å². The molecule has 122 valence electrons. The van der Waals surface area contributed by atoms with Crippen LogP contribution >= 0.6 is 11.3 Å². The average Bonchev–Trinajstić information content (AvgIpc) is 3.10. The van der Waals surface area contributed by atoms with Crippen LogP contribution in [0.2, 0.25) is 0 Å². The van der Waals surface area contributed by atoms with Crippen LogP contribution in [-0.2, 0) is 4.74 Å². The second-order valence-corrected chi connectivity index (χ2v) is 7.50. The van der Waals surface area contributed by atoms with Crippen molar-refractivity contribution in [2.24, 2.45) is 0 Å². The molecule has 1 aliphatic heterocycles. The average molecular weight is 331 g/mol. The van der Waals surface area contributed by atoms with Crippen LogP contribution in [0.25, 0.3) is 10.2 Å². The van der Waals surface area contributed by atoms with E-state index in [0.717, 1.165) is 51.4 Å². The fourth-order valence-electron chi connectivity index (χ4n) is 3.99. The number of thiophene rings is 1. The summed E-state index contributed by atoms with van der Waals surface area (Å²) in [6.45, 7) is 7.25. The first-order valence-electron chi connectivity index (χ1n) is 8.23. The van der Waals surface area contributed by atoms with Crippen LogP contribution in [0.4, 0.5) is 0 Å². The van der Waals surface area contributed by atoms with Gasteiger partial charge in [0.2, 0.25) is 0 Å². The molecule has 5 nitrogen and oxygen atoms in total. The molecule has 1 amide bonds. The number of morpholine rings is 1. The zero-order chi connectivity index (χ0) is 16.1. The van der Waals surface area contributed by atoms with Gasteiger partial charge in [-0.05, 0) is 45.6 Å². The maximum absolute atomic E-state index is 13.2. The van der Waals surface area contributed by atoms with Crippen LogP contribution in [0.1, 0.15) is 46.0 Å². The number of aryl methyl sites for hydroxylation is 3. The van der Waals surface area contributed by atoms with Crippen molar-refractivity contribution in [1.29, 1.82) is 0 Å². The Bertz CT molecular complexity index is 786. The van der Waals surface area contributed by atoms with E-state index in [2.05, 4.69) is 9.97 Å². The third-order valence-electron chi connectivity index (χ3n) is 5.02. The molecule has 2 aromatic heterocycles. The first kappa shape index (κ1) is 15.0. The van der Waals surface area contributed by atoms with Gasteiger partial charge in [0.1, 0.15) is 10.7 Å². The van der Waals surface area contributed by atoms with E-state index in [1.54, 1.807) is 0 Å². The molecule has 0 spiro atoms. The highest BCUT2D eigenvalue weighted by atomic mass is 32.1. The van der Waals surface area contributed by atoms with Crippen LogP contribution in [0.5, 0.6) is 0 Å². The number of ether oxygens (including phenoxy) is 1. The third kappa shape index (κ3) is 2.35. The molecule has 2 fully saturated rings. The van der Waals surface area contributed by atoms with Crippen LogP contribution in [0, 0.1) is 20.8 Å². The van der Waals surface area contributed by atoms with Gasteiger partial charge in [-0.1, -0.05) is 0 Å². The van der Waals surface area contributed by atoms with Crippen molar-refractivity contribution < 1.29 is 9.53 Å². The van der Waals surface area contributed by atoms with E-state index in [0.29, 0.717) is 13.2 Å². The van der Waals surface area contributed by atoms with Crippen LogP contribution in [0.3, 0.4) is 0 Å². The van der Waals surface area contributed by atoms with E-state index < -0.39 is 0 Å². The number of rotatable bonds is 1. The van der Waals surface area contributed by atoms with E-state index in [9.17, 15) is 4.79 Å². The largest absolute Gasteiger partial charge is 0.374 e. The second-order valence-electron chi connectivity index (χ2n) is 6.50. The van der Waals surface area contributed by atoms with Crippen molar-refractivity contribution in [2.45, 2.75) is 52.2 Å². The summed E-state index contributed by atoms with van der Waals surface area (Å²) in [5, 5.41) is 1.04. The number of carbonyl (C=O) groups is 1. The van der Waals surface area contributed by atoms with Crippen molar-refractivity contribution in [3.05, 3.63) is 22.0 Å². The molecule has 0 bridgehead atoms. The standard InChI is InChI=1S/C17H21N3O2S/c1-9-14-10(2)18-11(3)19-16(14)23-15(9)17(21)20-7-8-22-13-6-4-5-12(13)20/h12-13H,4-8H2,1-3H3. The van der Waals surface area contributed by atoms with Gasteiger partial charge < -0.3 is 9.64 Å². The molecule has 1 saturated carbocycles. The van der Waals surface area contributed by atoms with Crippen molar-refractivity contribution in [3.63, 3.8) is 0 Å². The highest BCUT2D eigenvalue weighted by Gasteiger charge is 2.39. The van der Waals surface area contributed by atoms with Gasteiger partial charge >= 0.3 is 0 Å². The quantitative estimate of drug-likeness (QED) is 0.806. The van der Waals surface area contributed by atoms with Gasteiger partial charge in [-0.15, -0.1) is 11.3 Å². The van der Waals surface area contributed by atoms with E-state index in [4.69, 9.17) is 4.74 Å². The molecule has 4 rings (SSSR count). The van der Waals surface area contributed by atoms with Crippen molar-refractivity contribution >= 4 is 27.5 Å². The summed E-state index contributed by atoms with van der Waals surface area (Å²) in [7, 11) is 0. The number of nitrogens with zero attached hydrogens (tertiary/aromatic N) is 3. The Hall–Kier alpha value is -1.53. The van der Waals surface area contributed by atoms with Gasteiger partial charge in [0.15, 0.2) is 0 Å². The number of hydrogen-bond acceptors (Lipinski definition) is 5. The molecule has 2 aromatic rings. The summed E-state index contributed by atoms with van der Waals surface area (Å²) in [4.78, 5) is 25.9. The van der Waals surface area contributed by atoms with Crippen LogP contribution in [0.15, 0.2) is 0 Å². The number of carbonyl (C=O) groups excluding carboxylic acids is 1. The molecular formula is C17H21N3O2S. The third-order valence-corrected chi connectivity index (χ3v) is 6.19. The predicted octanol–water partition coefficient (Wildman–Crippen LogP) is 3.01. The Balaban J connectivity index is 1.75. The topological polar surface area (TPSA) is 55.3 Å². The smallest absolute Gasteiger partial charge is 0.264 e. The molecule has 2 atom stereocenters. The molecule has 6 heteroatoms. The van der Waals surface area contributed by atoms with E-state index >= 15 is 0 Å². The first-order valence-corrected chi connectivity index (χ1v) is 9.05. The van der Waals surface area contributed by atoms with Gasteiger partial charge in [-0.3, -0.25) is 4.79 Å². The SMILES string of the molecule is Cc1nc(C)c2c(C)c(C(=O)N3CCOC4CCCC43)sc2n1. The minimum absolute atomic E-state index is 0.141. The molecule has 23 heavy (non-hydrogen) atoms. The second kappa shape index (κ2) is 5.53. The lowest BCUT2D eigenvalue weighted by Crippen LogP contribution is -2.51. The molecule has 0 N–H and O–H groups in total. The Kier molecular flexibility index (Phi) is 3.61. The maximum Gasteiger partial charge on any atom is 0.264 e. The van der Waals surface area contributed by atoms with Crippen molar-refractivity contribution in [1.82, 2.24) is 14.9 Å². The zero-order valence-corrected chi connectivity index (χ0v) is 14.6. The molecule has 0 aromatic carbocycles. The number of aromatic nitrogens is 2. The Morgan fingerprint density at radius 2 is 2.09 bits per heavy atom. The van der Waals surface area contributed by atoms with Gasteiger partial charge in [-0.2, -0.15) is 0 Å². The van der Waals surface area contributed by atoms with Crippen molar-refractivity contribution in [2.75, 3.05) is 13.2 Å². The lowest BCUT2D eigenvalue weighted by molar-refractivity contribution is -0.0444.